The molecule has 0 saturated carbocycles. The molecule has 0 aliphatic rings. The van der Waals surface area contributed by atoms with E-state index in [0.29, 0.717) is 13.2 Å². The van der Waals surface area contributed by atoms with E-state index in [1.807, 2.05) is 0 Å². The van der Waals surface area contributed by atoms with Crippen LogP contribution in [0, 0.1) is 6.92 Å². The van der Waals surface area contributed by atoms with E-state index in [-0.39, 0.29) is 0 Å². The van der Waals surface area contributed by atoms with Gasteiger partial charge in [0.1, 0.15) is 6.61 Å². The normalized spacial score (nSPS) is 10.8. The molecule has 0 bridgehead atoms. The largest absolute Gasteiger partial charge is 0.311 e. The lowest BCUT2D eigenvalue weighted by atomic mass is 10.0. The van der Waals surface area contributed by atoms with Crippen LogP contribution in [0.5, 0.6) is 0 Å². The molecule has 0 atom stereocenters. The molecule has 6 rings (SSSR count). The minimum absolute atomic E-state index is 0.402. The molecule has 0 aliphatic carbocycles. The second-order valence-corrected chi connectivity index (χ2v) is 11.4. The fourth-order valence-electron chi connectivity index (χ4n) is 5.65. The van der Waals surface area contributed by atoms with Gasteiger partial charge in [-0.2, -0.15) is 0 Å². The first-order chi connectivity index (χ1) is 23.2. The zero-order valence-electron chi connectivity index (χ0n) is 26.8. The molecular weight excluding hydrogens is 576 g/mol. The van der Waals surface area contributed by atoms with Gasteiger partial charge in [0.15, 0.2) is 0 Å². The predicted octanol–water partition coefficient (Wildman–Crippen LogP) is 11.7. The molecule has 0 saturated heterocycles. The molecule has 4 nitrogen and oxygen atoms in total. The summed E-state index contributed by atoms with van der Waals surface area (Å²) in [6.45, 7) is 6.70. The van der Waals surface area contributed by atoms with Gasteiger partial charge in [-0.3, -0.25) is 0 Å². The maximum atomic E-state index is 5.19. The van der Waals surface area contributed by atoms with Crippen molar-refractivity contribution in [3.05, 3.63) is 182 Å². The highest BCUT2D eigenvalue weighted by Gasteiger charge is 2.14. The summed E-state index contributed by atoms with van der Waals surface area (Å²) in [5, 5.41) is 0. The molecule has 4 heteroatoms. The minimum Gasteiger partial charge on any atom is -0.311 e. The molecular formula is C43H40N2O2. The third-order valence-corrected chi connectivity index (χ3v) is 8.06. The Morgan fingerprint density at radius 3 is 1.34 bits per heavy atom. The number of para-hydroxylation sites is 2. The summed E-state index contributed by atoms with van der Waals surface area (Å²) < 4.78 is 0. The summed E-state index contributed by atoms with van der Waals surface area (Å²) in [4.78, 5) is 14.8. The number of benzene rings is 6. The highest BCUT2D eigenvalue weighted by atomic mass is 17.2. The van der Waals surface area contributed by atoms with Crippen molar-refractivity contribution in [3.8, 4) is 11.1 Å². The summed E-state index contributed by atoms with van der Waals surface area (Å²) >= 11 is 0. The van der Waals surface area contributed by atoms with Crippen molar-refractivity contribution in [2.24, 2.45) is 0 Å². The van der Waals surface area contributed by atoms with Crippen molar-refractivity contribution < 1.29 is 9.78 Å². The molecule has 6 aromatic rings. The average Bonchev–Trinajstić information content (AvgIpc) is 3.13. The summed E-state index contributed by atoms with van der Waals surface area (Å²) in [7, 11) is 0. The van der Waals surface area contributed by atoms with Crippen LogP contribution in [0.2, 0.25) is 0 Å². The Labute approximate surface area is 278 Å². The maximum absolute atomic E-state index is 5.19. The number of hydrogen-bond donors (Lipinski definition) is 0. The van der Waals surface area contributed by atoms with Crippen LogP contribution in [-0.2, 0) is 16.2 Å². The van der Waals surface area contributed by atoms with Crippen LogP contribution in [0.25, 0.3) is 11.1 Å². The van der Waals surface area contributed by atoms with Crippen LogP contribution in [0.4, 0.5) is 34.1 Å². The van der Waals surface area contributed by atoms with Gasteiger partial charge in [0.05, 0.1) is 6.61 Å². The van der Waals surface area contributed by atoms with Gasteiger partial charge in [-0.05, 0) is 109 Å². The molecule has 0 aliphatic heterocycles. The van der Waals surface area contributed by atoms with Crippen LogP contribution < -0.4 is 9.80 Å². The number of aryl methyl sites for hydroxylation is 2. The first kappa shape index (κ1) is 31.6. The third kappa shape index (κ3) is 8.06. The van der Waals surface area contributed by atoms with E-state index in [1.54, 1.807) is 6.08 Å². The van der Waals surface area contributed by atoms with Gasteiger partial charge in [-0.15, -0.1) is 6.58 Å². The molecule has 0 N–H and O–H groups in total. The predicted molar refractivity (Wildman–Crippen MR) is 196 cm³/mol. The van der Waals surface area contributed by atoms with Crippen molar-refractivity contribution in [2.75, 3.05) is 23.0 Å². The summed E-state index contributed by atoms with van der Waals surface area (Å²) in [5.41, 5.74) is 11.6. The number of hydrogen-bond acceptors (Lipinski definition) is 4. The van der Waals surface area contributed by atoms with E-state index in [4.69, 9.17) is 9.78 Å². The monoisotopic (exact) mass is 616 g/mol. The second-order valence-electron chi connectivity index (χ2n) is 11.4. The smallest absolute Gasteiger partial charge is 0.100 e. The molecule has 0 heterocycles. The Kier molecular flexibility index (Phi) is 10.6. The van der Waals surface area contributed by atoms with Gasteiger partial charge >= 0.3 is 0 Å². The van der Waals surface area contributed by atoms with Crippen LogP contribution in [-0.4, -0.2) is 13.2 Å². The lowest BCUT2D eigenvalue weighted by molar-refractivity contribution is -0.286. The van der Waals surface area contributed by atoms with Crippen LogP contribution in [0.15, 0.2) is 170 Å². The molecule has 0 fully saturated rings. The molecule has 0 radical (unpaired) electrons. The number of nitrogens with zero attached hydrogens (tertiary/aromatic N) is 2. The van der Waals surface area contributed by atoms with E-state index in [0.717, 1.165) is 47.0 Å². The standard InChI is InChI=1S/C43H40N2O2/c1-3-32-46-47-33-10-11-35-18-26-41(27-19-35)45(39-14-8-5-9-15-39)43-30-22-37(23-31-43)36-20-28-42(29-21-36)44(38-12-6-4-7-13-38)40-24-16-34(2)17-25-40/h3-9,12-31H,1,10-11,32-33H2,2H3. The SMILES string of the molecule is C=CCOOCCCc1ccc(N(c2ccccc2)c2ccc(-c3ccc(N(c4ccccc4)c4ccc(C)cc4)cc3)cc2)cc1. The summed E-state index contributed by atoms with van der Waals surface area (Å²) in [6.07, 6.45) is 3.48. The summed E-state index contributed by atoms with van der Waals surface area (Å²) in [5.74, 6) is 0. The van der Waals surface area contributed by atoms with E-state index in [1.165, 1.54) is 22.3 Å². The quantitative estimate of drug-likeness (QED) is 0.0526. The fourth-order valence-corrected chi connectivity index (χ4v) is 5.65. The second kappa shape index (κ2) is 15.7. The van der Waals surface area contributed by atoms with E-state index < -0.39 is 0 Å². The zero-order chi connectivity index (χ0) is 32.3. The van der Waals surface area contributed by atoms with E-state index in [9.17, 15) is 0 Å². The molecule has 0 aromatic heterocycles. The maximum Gasteiger partial charge on any atom is 0.100 e. The van der Waals surface area contributed by atoms with Gasteiger partial charge < -0.3 is 9.80 Å². The van der Waals surface area contributed by atoms with Gasteiger partial charge in [-0.1, -0.05) is 96.6 Å². The molecule has 234 valence electrons. The highest BCUT2D eigenvalue weighted by molar-refractivity contribution is 5.80. The summed E-state index contributed by atoms with van der Waals surface area (Å²) in [6, 6.07) is 56.1. The van der Waals surface area contributed by atoms with Crippen molar-refractivity contribution in [2.45, 2.75) is 19.8 Å². The first-order valence-electron chi connectivity index (χ1n) is 16.1. The molecule has 0 unspecified atom stereocenters. The Balaban J connectivity index is 1.21. The van der Waals surface area contributed by atoms with Crippen LogP contribution in [0.1, 0.15) is 17.5 Å². The zero-order valence-corrected chi connectivity index (χ0v) is 26.8. The van der Waals surface area contributed by atoms with Gasteiger partial charge in [0.25, 0.3) is 0 Å². The van der Waals surface area contributed by atoms with Crippen LogP contribution >= 0.6 is 0 Å². The Morgan fingerprint density at radius 1 is 0.489 bits per heavy atom. The van der Waals surface area contributed by atoms with Crippen molar-refractivity contribution in [1.82, 2.24) is 0 Å². The average molecular weight is 617 g/mol. The molecule has 47 heavy (non-hydrogen) atoms. The first-order valence-corrected chi connectivity index (χ1v) is 16.1. The molecule has 0 amide bonds. The molecule has 6 aromatic carbocycles. The third-order valence-electron chi connectivity index (χ3n) is 8.06. The Morgan fingerprint density at radius 2 is 0.894 bits per heavy atom. The number of anilines is 6. The van der Waals surface area contributed by atoms with E-state index >= 15 is 0 Å². The lowest BCUT2D eigenvalue weighted by Gasteiger charge is -2.26. The Hall–Kier alpha value is -5.42. The topological polar surface area (TPSA) is 24.9 Å². The van der Waals surface area contributed by atoms with Crippen molar-refractivity contribution in [3.63, 3.8) is 0 Å². The lowest BCUT2D eigenvalue weighted by Crippen LogP contribution is -2.10. The van der Waals surface area contributed by atoms with Crippen molar-refractivity contribution >= 4 is 34.1 Å². The fraction of sp³-hybridized carbons (Fsp3) is 0.116. The highest BCUT2D eigenvalue weighted by Crippen LogP contribution is 2.38. The molecule has 0 spiro atoms. The van der Waals surface area contributed by atoms with Gasteiger partial charge in [0, 0.05) is 34.1 Å². The number of rotatable bonds is 14. The minimum atomic E-state index is 0.402. The van der Waals surface area contributed by atoms with Crippen molar-refractivity contribution in [1.29, 1.82) is 0 Å². The Bertz CT molecular complexity index is 1820. The van der Waals surface area contributed by atoms with Crippen LogP contribution in [0.3, 0.4) is 0 Å². The van der Waals surface area contributed by atoms with Gasteiger partial charge in [0.2, 0.25) is 0 Å². The van der Waals surface area contributed by atoms with Gasteiger partial charge in [-0.25, -0.2) is 9.78 Å². The van der Waals surface area contributed by atoms with E-state index in [2.05, 4.69) is 181 Å².